The van der Waals surface area contributed by atoms with Gasteiger partial charge in [0, 0.05) is 30.7 Å². The third-order valence-corrected chi connectivity index (χ3v) is 3.33. The van der Waals surface area contributed by atoms with Gasteiger partial charge in [-0.3, -0.25) is 4.79 Å². The van der Waals surface area contributed by atoms with Crippen molar-refractivity contribution in [1.29, 1.82) is 0 Å². The molecular weight excluding hydrogens is 252 g/mol. The molecule has 0 aliphatic rings. The smallest absolute Gasteiger partial charge is 0.216 e. The molecule has 2 aromatic heterocycles. The van der Waals surface area contributed by atoms with Crippen LogP contribution in [0, 0.1) is 0 Å². The fourth-order valence-corrected chi connectivity index (χ4v) is 2.33. The summed E-state index contributed by atoms with van der Waals surface area (Å²) in [5.74, 6) is -0.00937. The normalized spacial score (nSPS) is 10.8. The van der Waals surface area contributed by atoms with E-state index in [2.05, 4.69) is 16.4 Å². The molecule has 3 aromatic rings. The van der Waals surface area contributed by atoms with E-state index in [1.807, 2.05) is 30.5 Å². The second-order valence-corrected chi connectivity index (χ2v) is 4.79. The van der Waals surface area contributed by atoms with Crippen LogP contribution in [0.1, 0.15) is 12.5 Å². The van der Waals surface area contributed by atoms with E-state index in [0.717, 1.165) is 34.2 Å². The average Bonchev–Trinajstić information content (AvgIpc) is 3.07. The summed E-state index contributed by atoms with van der Waals surface area (Å²) in [7, 11) is 0. The fraction of sp³-hybridized carbons (Fsp3) is 0.188. The van der Waals surface area contributed by atoms with Crippen LogP contribution in [0.4, 0.5) is 0 Å². The predicted octanol–water partition coefficient (Wildman–Crippen LogP) is 3.11. The summed E-state index contributed by atoms with van der Waals surface area (Å²) < 4.78 is 5.56. The SMILES string of the molecule is CC(=O)NCCc1coc2ccc(-c3ccc[nH]3)cc12. The summed E-state index contributed by atoms with van der Waals surface area (Å²) in [4.78, 5) is 14.1. The molecule has 2 N–H and O–H groups in total. The lowest BCUT2D eigenvalue weighted by Gasteiger charge is -2.02. The monoisotopic (exact) mass is 268 g/mol. The number of hydrogen-bond donors (Lipinski definition) is 2. The maximum absolute atomic E-state index is 10.9. The first-order valence-electron chi connectivity index (χ1n) is 6.62. The van der Waals surface area contributed by atoms with E-state index in [4.69, 9.17) is 4.42 Å². The minimum absolute atomic E-state index is 0.00937. The summed E-state index contributed by atoms with van der Waals surface area (Å²) >= 11 is 0. The first kappa shape index (κ1) is 12.5. The molecule has 0 fully saturated rings. The molecule has 0 atom stereocenters. The summed E-state index contributed by atoms with van der Waals surface area (Å²) in [6.45, 7) is 2.15. The summed E-state index contributed by atoms with van der Waals surface area (Å²) in [6.07, 6.45) is 4.44. The molecule has 4 heteroatoms. The maximum Gasteiger partial charge on any atom is 0.216 e. The molecule has 0 aliphatic carbocycles. The molecule has 20 heavy (non-hydrogen) atoms. The van der Waals surface area contributed by atoms with Gasteiger partial charge in [0.2, 0.25) is 5.91 Å². The Bertz CT molecular complexity index is 726. The van der Waals surface area contributed by atoms with Crippen LogP contribution in [0.3, 0.4) is 0 Å². The summed E-state index contributed by atoms with van der Waals surface area (Å²) in [5, 5.41) is 3.90. The van der Waals surface area contributed by atoms with Crippen LogP contribution in [-0.4, -0.2) is 17.4 Å². The first-order chi connectivity index (χ1) is 9.74. The van der Waals surface area contributed by atoms with Crippen molar-refractivity contribution >= 4 is 16.9 Å². The van der Waals surface area contributed by atoms with Crippen LogP contribution >= 0.6 is 0 Å². The van der Waals surface area contributed by atoms with Crippen LogP contribution in [-0.2, 0) is 11.2 Å². The highest BCUT2D eigenvalue weighted by Crippen LogP contribution is 2.27. The quantitative estimate of drug-likeness (QED) is 0.763. The van der Waals surface area contributed by atoms with Crippen molar-refractivity contribution in [2.24, 2.45) is 0 Å². The molecule has 1 aromatic carbocycles. The highest BCUT2D eigenvalue weighted by atomic mass is 16.3. The average molecular weight is 268 g/mol. The van der Waals surface area contributed by atoms with Gasteiger partial charge in [-0.05, 0) is 47.9 Å². The lowest BCUT2D eigenvalue weighted by Crippen LogP contribution is -2.22. The highest BCUT2D eigenvalue weighted by molar-refractivity contribution is 5.86. The molecule has 2 heterocycles. The Hall–Kier alpha value is -2.49. The van der Waals surface area contributed by atoms with Gasteiger partial charge in [-0.25, -0.2) is 0 Å². The Balaban J connectivity index is 1.89. The van der Waals surface area contributed by atoms with Crippen molar-refractivity contribution in [3.05, 3.63) is 48.4 Å². The van der Waals surface area contributed by atoms with Crippen LogP contribution in [0.25, 0.3) is 22.2 Å². The largest absolute Gasteiger partial charge is 0.464 e. The van der Waals surface area contributed by atoms with Crippen molar-refractivity contribution in [3.63, 3.8) is 0 Å². The molecule has 0 spiro atoms. The molecule has 0 bridgehead atoms. The van der Waals surface area contributed by atoms with E-state index in [0.29, 0.717) is 6.54 Å². The van der Waals surface area contributed by atoms with E-state index < -0.39 is 0 Å². The molecule has 3 rings (SSSR count). The number of hydrogen-bond acceptors (Lipinski definition) is 2. The van der Waals surface area contributed by atoms with E-state index in [1.54, 1.807) is 6.26 Å². The van der Waals surface area contributed by atoms with Crippen LogP contribution < -0.4 is 5.32 Å². The van der Waals surface area contributed by atoms with E-state index in [9.17, 15) is 4.79 Å². The number of aromatic amines is 1. The zero-order chi connectivity index (χ0) is 13.9. The number of H-pyrrole nitrogens is 1. The predicted molar refractivity (Wildman–Crippen MR) is 78.4 cm³/mol. The summed E-state index contributed by atoms with van der Waals surface area (Å²) in [5.41, 5.74) is 4.20. The van der Waals surface area contributed by atoms with Crippen LogP contribution in [0.5, 0.6) is 0 Å². The second-order valence-electron chi connectivity index (χ2n) is 4.79. The molecular formula is C16H16N2O2. The molecule has 0 aliphatic heterocycles. The molecule has 0 unspecified atom stereocenters. The number of nitrogens with one attached hydrogen (secondary N) is 2. The van der Waals surface area contributed by atoms with Crippen molar-refractivity contribution in [3.8, 4) is 11.3 Å². The Morgan fingerprint density at radius 3 is 3.00 bits per heavy atom. The molecule has 0 saturated carbocycles. The minimum Gasteiger partial charge on any atom is -0.464 e. The van der Waals surface area contributed by atoms with Gasteiger partial charge in [-0.2, -0.15) is 0 Å². The molecule has 102 valence electrons. The van der Waals surface area contributed by atoms with Crippen molar-refractivity contribution in [2.75, 3.05) is 6.54 Å². The van der Waals surface area contributed by atoms with Gasteiger partial charge in [0.05, 0.1) is 6.26 Å². The number of carbonyl (C=O) groups excluding carboxylic acids is 1. The zero-order valence-electron chi connectivity index (χ0n) is 11.3. The van der Waals surface area contributed by atoms with Crippen LogP contribution in [0.2, 0.25) is 0 Å². The van der Waals surface area contributed by atoms with Gasteiger partial charge < -0.3 is 14.7 Å². The Kier molecular flexibility index (Phi) is 3.29. The lowest BCUT2D eigenvalue weighted by atomic mass is 10.1. The standard InChI is InChI=1S/C16H16N2O2/c1-11(19)17-8-6-13-10-20-16-5-4-12(9-14(13)16)15-3-2-7-18-15/h2-5,7,9-10,18H,6,8H2,1H3,(H,17,19). The number of aromatic nitrogens is 1. The topological polar surface area (TPSA) is 58.0 Å². The zero-order valence-corrected chi connectivity index (χ0v) is 11.3. The van der Waals surface area contributed by atoms with Gasteiger partial charge in [0.15, 0.2) is 0 Å². The van der Waals surface area contributed by atoms with E-state index >= 15 is 0 Å². The number of carbonyl (C=O) groups is 1. The van der Waals surface area contributed by atoms with E-state index in [1.165, 1.54) is 6.92 Å². The molecule has 0 saturated heterocycles. The maximum atomic E-state index is 10.9. The third kappa shape index (κ3) is 2.45. The van der Waals surface area contributed by atoms with Gasteiger partial charge in [0.25, 0.3) is 0 Å². The number of rotatable bonds is 4. The summed E-state index contributed by atoms with van der Waals surface area (Å²) in [6, 6.07) is 10.2. The lowest BCUT2D eigenvalue weighted by molar-refractivity contribution is -0.118. The van der Waals surface area contributed by atoms with Gasteiger partial charge in [-0.1, -0.05) is 0 Å². The second kappa shape index (κ2) is 5.25. The fourth-order valence-electron chi connectivity index (χ4n) is 2.33. The number of fused-ring (bicyclic) bond motifs is 1. The molecule has 4 nitrogen and oxygen atoms in total. The van der Waals surface area contributed by atoms with Crippen molar-refractivity contribution in [1.82, 2.24) is 10.3 Å². The van der Waals surface area contributed by atoms with Gasteiger partial charge in [-0.15, -0.1) is 0 Å². The Morgan fingerprint density at radius 2 is 2.25 bits per heavy atom. The van der Waals surface area contributed by atoms with Crippen molar-refractivity contribution in [2.45, 2.75) is 13.3 Å². The van der Waals surface area contributed by atoms with Gasteiger partial charge >= 0.3 is 0 Å². The van der Waals surface area contributed by atoms with Crippen molar-refractivity contribution < 1.29 is 9.21 Å². The third-order valence-electron chi connectivity index (χ3n) is 3.33. The first-order valence-corrected chi connectivity index (χ1v) is 6.62. The number of furan rings is 1. The molecule has 0 radical (unpaired) electrons. The Labute approximate surface area is 116 Å². The number of amides is 1. The highest BCUT2D eigenvalue weighted by Gasteiger charge is 2.08. The minimum atomic E-state index is -0.00937. The number of benzene rings is 1. The van der Waals surface area contributed by atoms with E-state index in [-0.39, 0.29) is 5.91 Å². The Morgan fingerprint density at radius 1 is 1.35 bits per heavy atom. The van der Waals surface area contributed by atoms with Gasteiger partial charge in [0.1, 0.15) is 5.58 Å². The van der Waals surface area contributed by atoms with Crippen LogP contribution in [0.15, 0.2) is 47.2 Å². The molecule has 1 amide bonds.